The molecule has 0 unspecified atom stereocenters. The molecule has 0 aliphatic carbocycles. The molecule has 4 heteroatoms. The monoisotopic (exact) mass is 578 g/mol. The summed E-state index contributed by atoms with van der Waals surface area (Å²) in [6.07, 6.45) is 0. The second kappa shape index (κ2) is 8.96. The van der Waals surface area contributed by atoms with E-state index in [0.717, 1.165) is 65.6 Å². The average Bonchev–Trinajstić information content (AvgIpc) is 3.67. The summed E-state index contributed by atoms with van der Waals surface area (Å²) in [6, 6.07) is 47.0. The van der Waals surface area contributed by atoms with Gasteiger partial charge in [0.15, 0.2) is 5.82 Å². The minimum atomic E-state index is 0.724. The van der Waals surface area contributed by atoms with Gasteiger partial charge in [0.1, 0.15) is 11.2 Å². The number of hydrogen-bond donors (Lipinski definition) is 0. The van der Waals surface area contributed by atoms with Gasteiger partial charge < -0.3 is 4.42 Å². The third-order valence-corrected chi connectivity index (χ3v) is 10.0. The van der Waals surface area contributed by atoms with Crippen LogP contribution in [0.4, 0.5) is 0 Å². The average molecular weight is 579 g/mol. The molecule has 204 valence electrons. The largest absolute Gasteiger partial charge is 0.456 e. The summed E-state index contributed by atoms with van der Waals surface area (Å²) in [7, 11) is 0. The van der Waals surface area contributed by atoms with Gasteiger partial charge >= 0.3 is 0 Å². The highest BCUT2D eigenvalue weighted by Crippen LogP contribution is 2.47. The first-order chi connectivity index (χ1) is 21.8. The lowest BCUT2D eigenvalue weighted by Gasteiger charge is -2.14. The molecular weight excluding hydrogens is 557 g/mol. The number of furan rings is 1. The normalized spacial score (nSPS) is 12.1. The SMILES string of the molecule is c1ccc(-c2ccc3c(c2)c2c(-c4nc(-c5ccccc5)c5sc6ccccc6c5n4)ccc4oc5cccc3c5c42)cc1. The van der Waals surface area contributed by atoms with Crippen molar-refractivity contribution in [1.29, 1.82) is 0 Å². The molecule has 3 heterocycles. The first kappa shape index (κ1) is 23.9. The smallest absolute Gasteiger partial charge is 0.161 e. The summed E-state index contributed by atoms with van der Waals surface area (Å²) in [5.74, 6) is 0.724. The van der Waals surface area contributed by atoms with Crippen LogP contribution in [0.15, 0.2) is 138 Å². The van der Waals surface area contributed by atoms with Gasteiger partial charge in [-0.1, -0.05) is 103 Å². The van der Waals surface area contributed by atoms with Crippen LogP contribution >= 0.6 is 11.3 Å². The van der Waals surface area contributed by atoms with Gasteiger partial charge in [0.05, 0.1) is 15.9 Å². The molecule has 3 nitrogen and oxygen atoms in total. The van der Waals surface area contributed by atoms with Crippen molar-refractivity contribution in [3.05, 3.63) is 133 Å². The van der Waals surface area contributed by atoms with Crippen molar-refractivity contribution >= 4 is 75.1 Å². The highest BCUT2D eigenvalue weighted by molar-refractivity contribution is 7.26. The molecule has 10 rings (SSSR count). The Balaban J connectivity index is 1.38. The lowest BCUT2D eigenvalue weighted by Crippen LogP contribution is -1.95. The van der Waals surface area contributed by atoms with E-state index in [0.29, 0.717) is 0 Å². The number of aromatic nitrogens is 2. The Hall–Kier alpha value is -5.58. The Morgan fingerprint density at radius 2 is 1.23 bits per heavy atom. The first-order valence-corrected chi connectivity index (χ1v) is 15.6. The minimum Gasteiger partial charge on any atom is -0.456 e. The molecule has 0 fully saturated rings. The van der Waals surface area contributed by atoms with Gasteiger partial charge in [-0.3, -0.25) is 0 Å². The molecule has 3 aromatic heterocycles. The molecular formula is C40H22N2OS. The van der Waals surface area contributed by atoms with Crippen LogP contribution in [0.5, 0.6) is 0 Å². The van der Waals surface area contributed by atoms with E-state index in [2.05, 4.69) is 133 Å². The molecule has 0 saturated heterocycles. The minimum absolute atomic E-state index is 0.724. The molecule has 0 N–H and O–H groups in total. The predicted molar refractivity (Wildman–Crippen MR) is 185 cm³/mol. The molecule has 0 spiro atoms. The topological polar surface area (TPSA) is 38.9 Å². The molecule has 0 amide bonds. The molecule has 0 atom stereocenters. The Kier molecular flexibility index (Phi) is 4.87. The highest BCUT2D eigenvalue weighted by atomic mass is 32.1. The van der Waals surface area contributed by atoms with E-state index in [9.17, 15) is 0 Å². The van der Waals surface area contributed by atoms with Crippen molar-refractivity contribution in [2.24, 2.45) is 0 Å². The molecule has 10 aromatic rings. The molecule has 44 heavy (non-hydrogen) atoms. The zero-order valence-corrected chi connectivity index (χ0v) is 24.2. The Morgan fingerprint density at radius 1 is 0.477 bits per heavy atom. The second-order valence-electron chi connectivity index (χ2n) is 11.3. The van der Waals surface area contributed by atoms with Crippen LogP contribution in [0.1, 0.15) is 0 Å². The van der Waals surface area contributed by atoms with Gasteiger partial charge in [-0.25, -0.2) is 9.97 Å². The number of hydrogen-bond acceptors (Lipinski definition) is 4. The summed E-state index contributed by atoms with van der Waals surface area (Å²) in [4.78, 5) is 10.7. The highest BCUT2D eigenvalue weighted by Gasteiger charge is 2.23. The summed E-state index contributed by atoms with van der Waals surface area (Å²) in [6.45, 7) is 0. The van der Waals surface area contributed by atoms with E-state index in [-0.39, 0.29) is 0 Å². The van der Waals surface area contributed by atoms with Crippen molar-refractivity contribution in [1.82, 2.24) is 9.97 Å². The van der Waals surface area contributed by atoms with Gasteiger partial charge in [0.25, 0.3) is 0 Å². The van der Waals surface area contributed by atoms with Gasteiger partial charge in [-0.2, -0.15) is 0 Å². The van der Waals surface area contributed by atoms with Crippen LogP contribution in [0.2, 0.25) is 0 Å². The molecule has 0 aliphatic rings. The van der Waals surface area contributed by atoms with E-state index in [1.165, 1.54) is 32.0 Å². The van der Waals surface area contributed by atoms with E-state index in [4.69, 9.17) is 14.4 Å². The Bertz CT molecular complexity index is 2710. The van der Waals surface area contributed by atoms with Crippen molar-refractivity contribution < 1.29 is 4.42 Å². The summed E-state index contributed by atoms with van der Waals surface area (Å²) in [5.41, 5.74) is 8.21. The van der Waals surface area contributed by atoms with Gasteiger partial charge in [-0.05, 0) is 57.6 Å². The quantitative estimate of drug-likeness (QED) is 0.196. The number of thiophene rings is 1. The molecule has 0 saturated carbocycles. The molecule has 0 aliphatic heterocycles. The van der Waals surface area contributed by atoms with Crippen LogP contribution in [-0.4, -0.2) is 9.97 Å². The summed E-state index contributed by atoms with van der Waals surface area (Å²) in [5, 5.41) is 8.15. The Labute approximate surface area is 256 Å². The number of nitrogens with zero attached hydrogens (tertiary/aromatic N) is 2. The maximum atomic E-state index is 6.46. The zero-order valence-electron chi connectivity index (χ0n) is 23.4. The number of rotatable bonds is 3. The van der Waals surface area contributed by atoms with Crippen LogP contribution in [-0.2, 0) is 0 Å². The Morgan fingerprint density at radius 3 is 2.09 bits per heavy atom. The van der Waals surface area contributed by atoms with E-state index in [1.54, 1.807) is 11.3 Å². The number of fused-ring (bicyclic) bond motifs is 6. The van der Waals surface area contributed by atoms with Crippen LogP contribution < -0.4 is 0 Å². The molecule has 0 bridgehead atoms. The van der Waals surface area contributed by atoms with Crippen molar-refractivity contribution in [2.45, 2.75) is 0 Å². The third kappa shape index (κ3) is 3.31. The van der Waals surface area contributed by atoms with Gasteiger partial charge in [0.2, 0.25) is 0 Å². The lowest BCUT2D eigenvalue weighted by atomic mass is 9.89. The lowest BCUT2D eigenvalue weighted by molar-refractivity contribution is 0.669. The van der Waals surface area contributed by atoms with E-state index < -0.39 is 0 Å². The predicted octanol–water partition coefficient (Wildman–Crippen LogP) is 11.5. The zero-order chi connectivity index (χ0) is 28.8. The molecule has 7 aromatic carbocycles. The standard InChI is InChI=1S/C40H22N2OS/c1-3-10-23(11-4-1)25-18-19-26-27-15-9-16-31-35(27)36-32(43-31)21-20-29(34(36)30(26)22-25)40-41-37(24-12-5-2-6-13-24)39-38(42-40)28-14-7-8-17-33(28)44-39/h1-22H. The maximum Gasteiger partial charge on any atom is 0.161 e. The maximum absolute atomic E-state index is 6.46. The van der Waals surface area contributed by atoms with Gasteiger partial charge in [-0.15, -0.1) is 11.3 Å². The first-order valence-electron chi connectivity index (χ1n) is 14.8. The fourth-order valence-corrected chi connectivity index (χ4v) is 8.05. The third-order valence-electron chi connectivity index (χ3n) is 8.86. The second-order valence-corrected chi connectivity index (χ2v) is 12.4. The van der Waals surface area contributed by atoms with Crippen molar-refractivity contribution in [3.63, 3.8) is 0 Å². The van der Waals surface area contributed by atoms with Crippen LogP contribution in [0, 0.1) is 0 Å². The van der Waals surface area contributed by atoms with E-state index in [1.807, 2.05) is 0 Å². The van der Waals surface area contributed by atoms with Crippen molar-refractivity contribution in [3.8, 4) is 33.8 Å². The molecule has 0 radical (unpaired) electrons. The van der Waals surface area contributed by atoms with Crippen molar-refractivity contribution in [2.75, 3.05) is 0 Å². The van der Waals surface area contributed by atoms with Gasteiger partial charge in [0, 0.05) is 37.4 Å². The summed E-state index contributed by atoms with van der Waals surface area (Å²) >= 11 is 1.76. The number of benzene rings is 7. The van der Waals surface area contributed by atoms with E-state index >= 15 is 0 Å². The van der Waals surface area contributed by atoms with Crippen LogP contribution in [0.3, 0.4) is 0 Å². The summed E-state index contributed by atoms with van der Waals surface area (Å²) < 4.78 is 8.78. The fourth-order valence-electron chi connectivity index (χ4n) is 6.90. The fraction of sp³-hybridized carbons (Fsp3) is 0. The van der Waals surface area contributed by atoms with Crippen LogP contribution in [0.25, 0.3) is 97.6 Å².